The van der Waals surface area contributed by atoms with Gasteiger partial charge in [-0.15, -0.1) is 0 Å². The van der Waals surface area contributed by atoms with Crippen LogP contribution >= 0.6 is 0 Å². The van der Waals surface area contributed by atoms with Crippen LogP contribution in [0.15, 0.2) is 35.4 Å². The van der Waals surface area contributed by atoms with Crippen LogP contribution in [0, 0.1) is 5.92 Å². The van der Waals surface area contributed by atoms with Gasteiger partial charge >= 0.3 is 5.97 Å². The lowest BCUT2D eigenvalue weighted by atomic mass is 10.1. The SMILES string of the molecule is C/C(C(=O)O)=C(\C)C(=O)Nc1ccc(NC(=O)C(C)C)cc1. The summed E-state index contributed by atoms with van der Waals surface area (Å²) in [6.45, 7) is 6.42. The summed E-state index contributed by atoms with van der Waals surface area (Å²) in [4.78, 5) is 34.3. The Labute approximate surface area is 129 Å². The average molecular weight is 304 g/mol. The molecule has 6 nitrogen and oxygen atoms in total. The Hall–Kier alpha value is -2.63. The zero-order chi connectivity index (χ0) is 16.9. The van der Waals surface area contributed by atoms with Gasteiger partial charge in [-0.05, 0) is 38.1 Å². The van der Waals surface area contributed by atoms with Crippen LogP contribution < -0.4 is 10.6 Å². The summed E-state index contributed by atoms with van der Waals surface area (Å²) < 4.78 is 0. The molecule has 0 fully saturated rings. The van der Waals surface area contributed by atoms with Crippen LogP contribution in [0.1, 0.15) is 27.7 Å². The molecular weight excluding hydrogens is 284 g/mol. The Morgan fingerprint density at radius 3 is 1.77 bits per heavy atom. The van der Waals surface area contributed by atoms with E-state index < -0.39 is 11.9 Å². The fraction of sp³-hybridized carbons (Fsp3) is 0.312. The van der Waals surface area contributed by atoms with E-state index in [2.05, 4.69) is 10.6 Å². The van der Waals surface area contributed by atoms with E-state index in [0.717, 1.165) is 0 Å². The lowest BCUT2D eigenvalue weighted by Crippen LogP contribution is -2.18. The molecule has 0 radical (unpaired) electrons. The summed E-state index contributed by atoms with van der Waals surface area (Å²) in [5.41, 5.74) is 1.29. The molecule has 22 heavy (non-hydrogen) atoms. The molecule has 2 amide bonds. The Balaban J connectivity index is 2.76. The van der Waals surface area contributed by atoms with Crippen LogP contribution in [0.3, 0.4) is 0 Å². The molecular formula is C16H20N2O4. The van der Waals surface area contributed by atoms with Crippen LogP contribution in [0.2, 0.25) is 0 Å². The Morgan fingerprint density at radius 1 is 0.909 bits per heavy atom. The van der Waals surface area contributed by atoms with Gasteiger partial charge in [-0.3, -0.25) is 9.59 Å². The number of hydrogen-bond acceptors (Lipinski definition) is 3. The lowest BCUT2D eigenvalue weighted by Gasteiger charge is -2.10. The van der Waals surface area contributed by atoms with Crippen molar-refractivity contribution < 1.29 is 19.5 Å². The summed E-state index contributed by atoms with van der Waals surface area (Å²) in [6.07, 6.45) is 0. The number of carbonyl (C=O) groups is 3. The molecule has 0 heterocycles. The molecule has 0 atom stereocenters. The number of aliphatic carboxylic acids is 1. The highest BCUT2D eigenvalue weighted by Gasteiger charge is 2.13. The van der Waals surface area contributed by atoms with Crippen molar-refractivity contribution >= 4 is 29.2 Å². The van der Waals surface area contributed by atoms with Crippen LogP contribution in [0.5, 0.6) is 0 Å². The molecule has 0 aromatic heterocycles. The third kappa shape index (κ3) is 4.73. The van der Waals surface area contributed by atoms with Gasteiger partial charge in [-0.25, -0.2) is 4.79 Å². The standard InChI is InChI=1S/C16H20N2O4/c1-9(2)14(19)17-12-5-7-13(8-6-12)18-15(20)10(3)11(4)16(21)22/h5-9H,1-4H3,(H,17,19)(H,18,20)(H,21,22)/b11-10-. The highest BCUT2D eigenvalue weighted by Crippen LogP contribution is 2.16. The fourth-order valence-electron chi connectivity index (χ4n) is 1.48. The van der Waals surface area contributed by atoms with Crippen LogP contribution in [0.25, 0.3) is 0 Å². The van der Waals surface area contributed by atoms with E-state index in [1.165, 1.54) is 13.8 Å². The molecule has 0 aliphatic rings. The van der Waals surface area contributed by atoms with Crippen molar-refractivity contribution in [2.24, 2.45) is 5.92 Å². The quantitative estimate of drug-likeness (QED) is 0.729. The smallest absolute Gasteiger partial charge is 0.331 e. The molecule has 1 aromatic carbocycles. The minimum absolute atomic E-state index is 0.00156. The van der Waals surface area contributed by atoms with E-state index >= 15 is 0 Å². The molecule has 0 spiro atoms. The van der Waals surface area contributed by atoms with Gasteiger partial charge in [0, 0.05) is 28.4 Å². The molecule has 0 aliphatic carbocycles. The van der Waals surface area contributed by atoms with Gasteiger partial charge in [0.05, 0.1) is 0 Å². The molecule has 0 aliphatic heterocycles. The van der Waals surface area contributed by atoms with Gasteiger partial charge in [-0.2, -0.15) is 0 Å². The van der Waals surface area contributed by atoms with Gasteiger partial charge in [-0.1, -0.05) is 13.8 Å². The number of carbonyl (C=O) groups excluding carboxylic acids is 2. The summed E-state index contributed by atoms with van der Waals surface area (Å²) >= 11 is 0. The number of anilines is 2. The molecule has 118 valence electrons. The van der Waals surface area contributed by atoms with E-state index in [0.29, 0.717) is 11.4 Å². The average Bonchev–Trinajstić information content (AvgIpc) is 2.47. The van der Waals surface area contributed by atoms with Crippen LogP contribution in [-0.2, 0) is 14.4 Å². The number of carboxylic acid groups (broad SMARTS) is 1. The highest BCUT2D eigenvalue weighted by molar-refractivity contribution is 6.08. The largest absolute Gasteiger partial charge is 0.478 e. The zero-order valence-corrected chi connectivity index (χ0v) is 13.1. The maximum Gasteiger partial charge on any atom is 0.331 e. The van der Waals surface area contributed by atoms with Gasteiger partial charge in [0.25, 0.3) is 5.91 Å². The van der Waals surface area contributed by atoms with Gasteiger partial charge in [0.1, 0.15) is 0 Å². The Morgan fingerprint density at radius 2 is 1.36 bits per heavy atom. The van der Waals surface area contributed by atoms with Crippen molar-refractivity contribution in [2.45, 2.75) is 27.7 Å². The number of rotatable bonds is 5. The zero-order valence-electron chi connectivity index (χ0n) is 13.1. The third-order valence-electron chi connectivity index (χ3n) is 3.16. The monoisotopic (exact) mass is 304 g/mol. The minimum atomic E-state index is -1.13. The van der Waals surface area contributed by atoms with Crippen molar-refractivity contribution in [3.05, 3.63) is 35.4 Å². The molecule has 0 saturated carbocycles. The van der Waals surface area contributed by atoms with Crippen molar-refractivity contribution in [1.29, 1.82) is 0 Å². The second-order valence-electron chi connectivity index (χ2n) is 5.23. The summed E-state index contributed by atoms with van der Waals surface area (Å²) in [7, 11) is 0. The van der Waals surface area contributed by atoms with E-state index in [1.807, 2.05) is 0 Å². The van der Waals surface area contributed by atoms with Crippen molar-refractivity contribution in [1.82, 2.24) is 0 Å². The molecule has 3 N–H and O–H groups in total. The fourth-order valence-corrected chi connectivity index (χ4v) is 1.48. The topological polar surface area (TPSA) is 95.5 Å². The predicted octanol–water partition coefficient (Wildman–Crippen LogP) is 2.64. The number of carboxylic acids is 1. The molecule has 1 rings (SSSR count). The highest BCUT2D eigenvalue weighted by atomic mass is 16.4. The van der Waals surface area contributed by atoms with Crippen molar-refractivity contribution in [2.75, 3.05) is 10.6 Å². The normalized spacial score (nSPS) is 11.7. The molecule has 6 heteroatoms. The number of hydrogen-bond donors (Lipinski definition) is 3. The summed E-state index contributed by atoms with van der Waals surface area (Å²) in [5, 5.41) is 14.2. The van der Waals surface area contributed by atoms with Crippen molar-refractivity contribution in [3.63, 3.8) is 0 Å². The third-order valence-corrected chi connectivity index (χ3v) is 3.16. The Kier molecular flexibility index (Phi) is 5.86. The molecule has 0 unspecified atom stereocenters. The van der Waals surface area contributed by atoms with E-state index in [9.17, 15) is 14.4 Å². The van der Waals surface area contributed by atoms with E-state index in [4.69, 9.17) is 5.11 Å². The van der Waals surface area contributed by atoms with E-state index in [-0.39, 0.29) is 23.0 Å². The summed E-state index contributed by atoms with van der Waals surface area (Å²) in [6, 6.07) is 6.60. The first-order chi connectivity index (χ1) is 10.2. The first-order valence-electron chi connectivity index (χ1n) is 6.85. The first kappa shape index (κ1) is 17.4. The molecule has 1 aromatic rings. The Bertz CT molecular complexity index is 616. The first-order valence-corrected chi connectivity index (χ1v) is 6.85. The maximum absolute atomic E-state index is 11.9. The van der Waals surface area contributed by atoms with Gasteiger partial charge < -0.3 is 15.7 Å². The second-order valence-corrected chi connectivity index (χ2v) is 5.23. The van der Waals surface area contributed by atoms with Gasteiger partial charge in [0.2, 0.25) is 5.91 Å². The molecule has 0 saturated heterocycles. The number of benzene rings is 1. The van der Waals surface area contributed by atoms with Crippen LogP contribution in [-0.4, -0.2) is 22.9 Å². The predicted molar refractivity (Wildman–Crippen MR) is 84.5 cm³/mol. The number of nitrogens with one attached hydrogen (secondary N) is 2. The lowest BCUT2D eigenvalue weighted by molar-refractivity contribution is -0.133. The summed E-state index contributed by atoms with van der Waals surface area (Å²) in [5.74, 6) is -1.81. The second kappa shape index (κ2) is 7.40. The van der Waals surface area contributed by atoms with Crippen LogP contribution in [0.4, 0.5) is 11.4 Å². The minimum Gasteiger partial charge on any atom is -0.478 e. The van der Waals surface area contributed by atoms with Gasteiger partial charge in [0.15, 0.2) is 0 Å². The van der Waals surface area contributed by atoms with E-state index in [1.54, 1.807) is 38.1 Å². The number of amides is 2. The maximum atomic E-state index is 11.9. The molecule has 0 bridgehead atoms. The van der Waals surface area contributed by atoms with Crippen molar-refractivity contribution in [3.8, 4) is 0 Å².